The molecule has 0 aromatic heterocycles. The van der Waals surface area contributed by atoms with Crippen LogP contribution in [0.25, 0.3) is 5.57 Å². The van der Waals surface area contributed by atoms with Crippen molar-refractivity contribution in [2.45, 2.75) is 40.0 Å². The van der Waals surface area contributed by atoms with Crippen molar-refractivity contribution < 1.29 is 14.3 Å². The lowest BCUT2D eigenvalue weighted by Crippen LogP contribution is -2.37. The number of aryl methyl sites for hydroxylation is 1. The maximum Gasteiger partial charge on any atom is 0.282 e. The first kappa shape index (κ1) is 20.2. The van der Waals surface area contributed by atoms with Gasteiger partial charge in [0, 0.05) is 13.1 Å². The van der Waals surface area contributed by atoms with E-state index in [-0.39, 0.29) is 11.8 Å². The SMILES string of the molecule is CCOc1ccc(C2=C(N3CCCCC3)C(=O)N(c3cccc(C)c3C)C2=O)cc1. The van der Waals surface area contributed by atoms with Gasteiger partial charge in [0.1, 0.15) is 11.4 Å². The molecular formula is C25H28N2O3. The summed E-state index contributed by atoms with van der Waals surface area (Å²) in [7, 11) is 0. The molecule has 0 N–H and O–H groups in total. The number of ether oxygens (including phenoxy) is 1. The number of carbonyl (C=O) groups excluding carboxylic acids is 2. The van der Waals surface area contributed by atoms with E-state index < -0.39 is 0 Å². The summed E-state index contributed by atoms with van der Waals surface area (Å²) in [5, 5.41) is 0. The molecule has 1 fully saturated rings. The Kier molecular flexibility index (Phi) is 5.62. The summed E-state index contributed by atoms with van der Waals surface area (Å²) in [6.07, 6.45) is 3.22. The maximum atomic E-state index is 13.6. The summed E-state index contributed by atoms with van der Waals surface area (Å²) in [4.78, 5) is 30.7. The Bertz CT molecular complexity index is 1000. The van der Waals surface area contributed by atoms with Crippen LogP contribution < -0.4 is 9.64 Å². The van der Waals surface area contributed by atoms with Crippen molar-refractivity contribution in [2.75, 3.05) is 24.6 Å². The summed E-state index contributed by atoms with van der Waals surface area (Å²) in [6.45, 7) is 8.08. The molecular weight excluding hydrogens is 376 g/mol. The molecule has 4 rings (SSSR count). The van der Waals surface area contributed by atoms with Gasteiger partial charge in [0.15, 0.2) is 0 Å². The standard InChI is InChI=1S/C25H28N2O3/c1-4-30-20-13-11-19(12-14-20)22-23(26-15-6-5-7-16-26)25(29)27(24(22)28)21-10-8-9-17(2)18(21)3/h8-14H,4-7,15-16H2,1-3H3. The highest BCUT2D eigenvalue weighted by Gasteiger charge is 2.43. The molecule has 5 nitrogen and oxygen atoms in total. The number of nitrogens with zero attached hydrogens (tertiary/aromatic N) is 2. The Morgan fingerprint density at radius 2 is 1.60 bits per heavy atom. The zero-order valence-corrected chi connectivity index (χ0v) is 17.9. The molecule has 2 amide bonds. The van der Waals surface area contributed by atoms with Crippen LogP contribution in [0.5, 0.6) is 5.75 Å². The quantitative estimate of drug-likeness (QED) is 0.690. The fourth-order valence-electron chi connectivity index (χ4n) is 4.27. The van der Waals surface area contributed by atoms with Gasteiger partial charge in [-0.05, 0) is 74.9 Å². The summed E-state index contributed by atoms with van der Waals surface area (Å²) in [6, 6.07) is 13.2. The van der Waals surface area contributed by atoms with E-state index >= 15 is 0 Å². The van der Waals surface area contributed by atoms with Gasteiger partial charge in [0.2, 0.25) is 0 Å². The summed E-state index contributed by atoms with van der Waals surface area (Å²) < 4.78 is 5.55. The molecule has 2 heterocycles. The molecule has 30 heavy (non-hydrogen) atoms. The van der Waals surface area contributed by atoms with Crippen LogP contribution in [-0.4, -0.2) is 36.4 Å². The first-order valence-corrected chi connectivity index (χ1v) is 10.7. The third kappa shape index (κ3) is 3.49. The molecule has 156 valence electrons. The molecule has 5 heteroatoms. The van der Waals surface area contributed by atoms with Gasteiger partial charge >= 0.3 is 0 Å². The highest BCUT2D eigenvalue weighted by Crippen LogP contribution is 2.37. The van der Waals surface area contributed by atoms with Crippen LogP contribution >= 0.6 is 0 Å². The summed E-state index contributed by atoms with van der Waals surface area (Å²) in [5.74, 6) is 0.280. The van der Waals surface area contributed by atoms with E-state index in [4.69, 9.17) is 4.74 Å². The second kappa shape index (κ2) is 8.34. The van der Waals surface area contributed by atoms with Gasteiger partial charge in [-0.25, -0.2) is 4.90 Å². The second-order valence-electron chi connectivity index (χ2n) is 7.89. The third-order valence-electron chi connectivity index (χ3n) is 6.00. The Hall–Kier alpha value is -3.08. The van der Waals surface area contributed by atoms with E-state index in [0.717, 1.165) is 54.8 Å². The number of likely N-dealkylation sites (tertiary alicyclic amines) is 1. The number of piperidine rings is 1. The predicted octanol–water partition coefficient (Wildman–Crippen LogP) is 4.47. The molecule has 0 unspecified atom stereocenters. The van der Waals surface area contributed by atoms with Crippen LogP contribution in [0.2, 0.25) is 0 Å². The Labute approximate surface area is 177 Å². The fraction of sp³-hybridized carbons (Fsp3) is 0.360. The van der Waals surface area contributed by atoms with Gasteiger partial charge < -0.3 is 9.64 Å². The number of hydrogen-bond donors (Lipinski definition) is 0. The average Bonchev–Trinajstić information content (AvgIpc) is 3.02. The van der Waals surface area contributed by atoms with Crippen molar-refractivity contribution in [1.82, 2.24) is 4.90 Å². The summed E-state index contributed by atoms with van der Waals surface area (Å²) in [5.41, 5.74) is 4.45. The first-order chi connectivity index (χ1) is 14.5. The number of anilines is 1. The highest BCUT2D eigenvalue weighted by molar-refractivity contribution is 6.45. The molecule has 0 spiro atoms. The van der Waals surface area contributed by atoms with Crippen LogP contribution in [0.3, 0.4) is 0 Å². The van der Waals surface area contributed by atoms with Gasteiger partial charge in [0.25, 0.3) is 11.8 Å². The average molecular weight is 405 g/mol. The molecule has 2 aliphatic heterocycles. The van der Waals surface area contributed by atoms with Crippen LogP contribution in [0.4, 0.5) is 5.69 Å². The van der Waals surface area contributed by atoms with Crippen LogP contribution in [0.15, 0.2) is 48.2 Å². The van der Waals surface area contributed by atoms with E-state index in [0.29, 0.717) is 23.6 Å². The lowest BCUT2D eigenvalue weighted by Gasteiger charge is -2.29. The zero-order valence-electron chi connectivity index (χ0n) is 17.9. The van der Waals surface area contributed by atoms with E-state index in [2.05, 4.69) is 4.90 Å². The normalized spacial score (nSPS) is 17.2. The Morgan fingerprint density at radius 1 is 0.900 bits per heavy atom. The third-order valence-corrected chi connectivity index (χ3v) is 6.00. The maximum absolute atomic E-state index is 13.6. The van der Waals surface area contributed by atoms with Crippen molar-refractivity contribution >= 4 is 23.1 Å². The fourth-order valence-corrected chi connectivity index (χ4v) is 4.27. The number of benzene rings is 2. The number of rotatable bonds is 5. The number of imide groups is 1. The largest absolute Gasteiger partial charge is 0.494 e. The molecule has 2 aliphatic rings. The molecule has 2 aromatic carbocycles. The topological polar surface area (TPSA) is 49.9 Å². The van der Waals surface area contributed by atoms with Crippen LogP contribution in [0, 0.1) is 13.8 Å². The molecule has 0 atom stereocenters. The number of amides is 2. The monoisotopic (exact) mass is 404 g/mol. The lowest BCUT2D eigenvalue weighted by atomic mass is 10.0. The molecule has 2 aromatic rings. The lowest BCUT2D eigenvalue weighted by molar-refractivity contribution is -0.120. The molecule has 0 radical (unpaired) electrons. The minimum absolute atomic E-state index is 0.223. The minimum atomic E-state index is -0.251. The van der Waals surface area contributed by atoms with Gasteiger partial charge in [-0.3, -0.25) is 9.59 Å². The predicted molar refractivity (Wildman–Crippen MR) is 118 cm³/mol. The zero-order chi connectivity index (χ0) is 21.3. The Morgan fingerprint density at radius 3 is 2.27 bits per heavy atom. The van der Waals surface area contributed by atoms with Crippen molar-refractivity contribution in [3.8, 4) is 5.75 Å². The second-order valence-corrected chi connectivity index (χ2v) is 7.89. The van der Waals surface area contributed by atoms with Crippen molar-refractivity contribution in [3.63, 3.8) is 0 Å². The molecule has 0 aliphatic carbocycles. The van der Waals surface area contributed by atoms with Gasteiger partial charge in [-0.2, -0.15) is 0 Å². The van der Waals surface area contributed by atoms with Crippen molar-refractivity contribution in [3.05, 3.63) is 64.9 Å². The number of hydrogen-bond acceptors (Lipinski definition) is 4. The highest BCUT2D eigenvalue weighted by atomic mass is 16.5. The Balaban J connectivity index is 1.81. The first-order valence-electron chi connectivity index (χ1n) is 10.7. The van der Waals surface area contributed by atoms with E-state index in [9.17, 15) is 9.59 Å². The number of carbonyl (C=O) groups is 2. The molecule has 0 saturated carbocycles. The van der Waals surface area contributed by atoms with Crippen molar-refractivity contribution in [1.29, 1.82) is 0 Å². The van der Waals surface area contributed by atoms with Gasteiger partial charge in [-0.1, -0.05) is 24.3 Å². The van der Waals surface area contributed by atoms with Crippen LogP contribution in [-0.2, 0) is 9.59 Å². The summed E-state index contributed by atoms with van der Waals surface area (Å²) >= 11 is 0. The van der Waals surface area contributed by atoms with Gasteiger partial charge in [0.05, 0.1) is 17.9 Å². The smallest absolute Gasteiger partial charge is 0.282 e. The van der Waals surface area contributed by atoms with Crippen LogP contribution in [0.1, 0.15) is 42.9 Å². The molecule has 0 bridgehead atoms. The van der Waals surface area contributed by atoms with E-state index in [1.165, 1.54) is 4.90 Å². The van der Waals surface area contributed by atoms with Gasteiger partial charge in [-0.15, -0.1) is 0 Å². The minimum Gasteiger partial charge on any atom is -0.494 e. The van der Waals surface area contributed by atoms with E-state index in [1.807, 2.05) is 63.2 Å². The van der Waals surface area contributed by atoms with E-state index in [1.54, 1.807) is 0 Å². The van der Waals surface area contributed by atoms with Crippen molar-refractivity contribution in [2.24, 2.45) is 0 Å². The molecule has 1 saturated heterocycles.